The SMILES string of the molecule is O=C(COC(=O)c1cccc(Oc2ccccc2)c1)Nc1ccc(F)cc1[N+](=O)[O-]. The van der Waals surface area contributed by atoms with Crippen LogP contribution in [0, 0.1) is 15.9 Å². The Bertz CT molecular complexity index is 1090. The van der Waals surface area contributed by atoms with Crippen LogP contribution in [0.4, 0.5) is 15.8 Å². The first kappa shape index (κ1) is 20.5. The van der Waals surface area contributed by atoms with Gasteiger partial charge in [0.1, 0.15) is 23.0 Å². The molecular weight excluding hydrogens is 395 g/mol. The Hall–Kier alpha value is -4.27. The fourth-order valence-corrected chi connectivity index (χ4v) is 2.47. The minimum atomic E-state index is -0.830. The molecule has 0 atom stereocenters. The van der Waals surface area contributed by atoms with Crippen molar-refractivity contribution in [2.24, 2.45) is 0 Å². The minimum Gasteiger partial charge on any atom is -0.457 e. The van der Waals surface area contributed by atoms with E-state index in [9.17, 15) is 24.1 Å². The number of hydrogen-bond donors (Lipinski definition) is 1. The van der Waals surface area contributed by atoms with E-state index in [1.54, 1.807) is 36.4 Å². The van der Waals surface area contributed by atoms with Gasteiger partial charge in [-0.2, -0.15) is 0 Å². The second kappa shape index (κ2) is 9.28. The molecule has 8 nitrogen and oxygen atoms in total. The van der Waals surface area contributed by atoms with E-state index in [0.29, 0.717) is 17.6 Å². The molecule has 9 heteroatoms. The number of halogens is 1. The monoisotopic (exact) mass is 410 g/mol. The molecule has 1 N–H and O–H groups in total. The molecule has 0 heterocycles. The molecule has 0 aliphatic rings. The predicted octanol–water partition coefficient (Wildman–Crippen LogP) is 4.32. The van der Waals surface area contributed by atoms with Crippen LogP contribution in [-0.2, 0) is 9.53 Å². The van der Waals surface area contributed by atoms with E-state index >= 15 is 0 Å². The average Bonchev–Trinajstić information content (AvgIpc) is 2.74. The van der Waals surface area contributed by atoms with E-state index in [1.807, 2.05) is 6.07 Å². The molecule has 3 aromatic carbocycles. The first-order valence-corrected chi connectivity index (χ1v) is 8.66. The predicted molar refractivity (Wildman–Crippen MR) is 105 cm³/mol. The molecule has 0 fully saturated rings. The molecule has 3 rings (SSSR count). The number of esters is 1. The van der Waals surface area contributed by atoms with E-state index in [0.717, 1.165) is 12.1 Å². The Kier molecular flexibility index (Phi) is 6.33. The maximum absolute atomic E-state index is 13.2. The molecule has 0 unspecified atom stereocenters. The van der Waals surface area contributed by atoms with Crippen molar-refractivity contribution in [3.63, 3.8) is 0 Å². The van der Waals surface area contributed by atoms with Gasteiger partial charge in [0, 0.05) is 0 Å². The zero-order chi connectivity index (χ0) is 21.5. The molecule has 0 aromatic heterocycles. The average molecular weight is 410 g/mol. The molecule has 0 aliphatic carbocycles. The second-order valence-corrected chi connectivity index (χ2v) is 5.99. The van der Waals surface area contributed by atoms with Crippen molar-refractivity contribution in [1.29, 1.82) is 0 Å². The number of rotatable bonds is 7. The van der Waals surface area contributed by atoms with Crippen LogP contribution in [0.25, 0.3) is 0 Å². The van der Waals surface area contributed by atoms with Crippen molar-refractivity contribution in [3.05, 3.63) is 94.3 Å². The third-order valence-electron chi connectivity index (χ3n) is 3.81. The Morgan fingerprint density at radius 2 is 1.70 bits per heavy atom. The van der Waals surface area contributed by atoms with Crippen molar-refractivity contribution in [2.45, 2.75) is 0 Å². The van der Waals surface area contributed by atoms with Crippen molar-refractivity contribution in [3.8, 4) is 11.5 Å². The molecule has 1 amide bonds. The van der Waals surface area contributed by atoms with Crippen LogP contribution >= 0.6 is 0 Å². The highest BCUT2D eigenvalue weighted by Gasteiger charge is 2.18. The third kappa shape index (κ3) is 5.38. The molecule has 0 bridgehead atoms. The highest BCUT2D eigenvalue weighted by molar-refractivity contribution is 5.96. The number of para-hydroxylation sites is 1. The normalized spacial score (nSPS) is 10.2. The zero-order valence-corrected chi connectivity index (χ0v) is 15.4. The first-order valence-electron chi connectivity index (χ1n) is 8.66. The number of hydrogen-bond acceptors (Lipinski definition) is 6. The van der Waals surface area contributed by atoms with E-state index in [1.165, 1.54) is 12.1 Å². The number of ether oxygens (including phenoxy) is 2. The van der Waals surface area contributed by atoms with Crippen molar-refractivity contribution in [2.75, 3.05) is 11.9 Å². The van der Waals surface area contributed by atoms with Crippen LogP contribution in [0.15, 0.2) is 72.8 Å². The van der Waals surface area contributed by atoms with Crippen LogP contribution in [0.3, 0.4) is 0 Å². The summed E-state index contributed by atoms with van der Waals surface area (Å²) < 4.78 is 23.7. The number of nitro benzene ring substituents is 1. The molecular formula is C21H15FN2O6. The van der Waals surface area contributed by atoms with Crippen molar-refractivity contribution < 1.29 is 28.4 Å². The largest absolute Gasteiger partial charge is 0.457 e. The molecule has 0 spiro atoms. The highest BCUT2D eigenvalue weighted by atomic mass is 19.1. The number of nitrogens with one attached hydrogen (secondary N) is 1. The number of carbonyl (C=O) groups is 2. The zero-order valence-electron chi connectivity index (χ0n) is 15.4. The quantitative estimate of drug-likeness (QED) is 0.353. The Balaban J connectivity index is 1.60. The smallest absolute Gasteiger partial charge is 0.338 e. The van der Waals surface area contributed by atoms with Gasteiger partial charge in [0.15, 0.2) is 6.61 Å². The lowest BCUT2D eigenvalue weighted by Gasteiger charge is -2.09. The van der Waals surface area contributed by atoms with Crippen LogP contribution in [-0.4, -0.2) is 23.4 Å². The first-order chi connectivity index (χ1) is 14.4. The van der Waals surface area contributed by atoms with Gasteiger partial charge in [-0.05, 0) is 42.5 Å². The number of carbonyl (C=O) groups excluding carboxylic acids is 2. The maximum Gasteiger partial charge on any atom is 0.338 e. The van der Waals surface area contributed by atoms with E-state index < -0.39 is 34.9 Å². The molecule has 0 saturated heterocycles. The number of benzene rings is 3. The van der Waals surface area contributed by atoms with Crippen LogP contribution in [0.5, 0.6) is 11.5 Å². The lowest BCUT2D eigenvalue weighted by atomic mass is 10.2. The van der Waals surface area contributed by atoms with E-state index in [2.05, 4.69) is 5.32 Å². The summed E-state index contributed by atoms with van der Waals surface area (Å²) in [4.78, 5) is 34.3. The fourth-order valence-electron chi connectivity index (χ4n) is 2.47. The van der Waals surface area contributed by atoms with Crippen molar-refractivity contribution >= 4 is 23.3 Å². The van der Waals surface area contributed by atoms with Gasteiger partial charge in [0.2, 0.25) is 0 Å². The topological polar surface area (TPSA) is 108 Å². The van der Waals surface area contributed by atoms with Gasteiger partial charge < -0.3 is 14.8 Å². The standard InChI is InChI=1S/C21H15FN2O6/c22-15-9-10-18(19(12-15)24(27)28)23-20(25)13-29-21(26)14-5-4-8-17(11-14)30-16-6-2-1-3-7-16/h1-12H,13H2,(H,23,25). The molecule has 0 saturated carbocycles. The Labute approximate surface area is 170 Å². The lowest BCUT2D eigenvalue weighted by molar-refractivity contribution is -0.384. The Morgan fingerprint density at radius 1 is 0.967 bits per heavy atom. The molecule has 3 aromatic rings. The lowest BCUT2D eigenvalue weighted by Crippen LogP contribution is -2.21. The van der Waals surface area contributed by atoms with Gasteiger partial charge in [0.05, 0.1) is 16.6 Å². The third-order valence-corrected chi connectivity index (χ3v) is 3.81. The highest BCUT2D eigenvalue weighted by Crippen LogP contribution is 2.25. The molecule has 0 radical (unpaired) electrons. The summed E-state index contributed by atoms with van der Waals surface area (Å²) in [6, 6.07) is 17.8. The van der Waals surface area contributed by atoms with Crippen LogP contribution in [0.1, 0.15) is 10.4 Å². The van der Waals surface area contributed by atoms with Crippen LogP contribution in [0.2, 0.25) is 0 Å². The molecule has 0 aliphatic heterocycles. The Morgan fingerprint density at radius 3 is 2.43 bits per heavy atom. The van der Waals surface area contributed by atoms with Gasteiger partial charge >= 0.3 is 5.97 Å². The summed E-state index contributed by atoms with van der Waals surface area (Å²) in [6.07, 6.45) is 0. The van der Waals surface area contributed by atoms with Crippen LogP contribution < -0.4 is 10.1 Å². The summed E-state index contributed by atoms with van der Waals surface area (Å²) >= 11 is 0. The number of amides is 1. The van der Waals surface area contributed by atoms with E-state index in [4.69, 9.17) is 9.47 Å². The second-order valence-electron chi connectivity index (χ2n) is 5.99. The summed E-state index contributed by atoms with van der Waals surface area (Å²) in [5, 5.41) is 13.2. The minimum absolute atomic E-state index is 0.156. The number of anilines is 1. The van der Waals surface area contributed by atoms with Gasteiger partial charge in [-0.25, -0.2) is 9.18 Å². The summed E-state index contributed by atoms with van der Waals surface area (Å²) in [5.41, 5.74) is -0.662. The molecule has 152 valence electrons. The van der Waals surface area contributed by atoms with Gasteiger partial charge in [-0.3, -0.25) is 14.9 Å². The van der Waals surface area contributed by atoms with Gasteiger partial charge in [-0.1, -0.05) is 24.3 Å². The maximum atomic E-state index is 13.2. The fraction of sp³-hybridized carbons (Fsp3) is 0.0476. The van der Waals surface area contributed by atoms with Crippen molar-refractivity contribution in [1.82, 2.24) is 0 Å². The summed E-state index contributed by atoms with van der Waals surface area (Å²) in [6.45, 7) is -0.683. The van der Waals surface area contributed by atoms with E-state index in [-0.39, 0.29) is 11.3 Å². The summed E-state index contributed by atoms with van der Waals surface area (Å²) in [5.74, 6) is -1.42. The van der Waals surface area contributed by atoms with Gasteiger partial charge in [0.25, 0.3) is 11.6 Å². The summed E-state index contributed by atoms with van der Waals surface area (Å²) in [7, 11) is 0. The van der Waals surface area contributed by atoms with Gasteiger partial charge in [-0.15, -0.1) is 0 Å². The molecule has 30 heavy (non-hydrogen) atoms. The number of nitrogens with zero attached hydrogens (tertiary/aromatic N) is 1. The number of nitro groups is 1.